The normalized spacial score (nSPS) is 11.3. The van der Waals surface area contributed by atoms with Crippen molar-refractivity contribution >= 4 is 17.0 Å². The van der Waals surface area contributed by atoms with Gasteiger partial charge in [0, 0.05) is 26.2 Å². The molecule has 4 nitrogen and oxygen atoms in total. The van der Waals surface area contributed by atoms with E-state index in [0.717, 1.165) is 37.2 Å². The zero-order valence-electron chi connectivity index (χ0n) is 15.3. The van der Waals surface area contributed by atoms with Crippen LogP contribution in [0.25, 0.3) is 11.0 Å². The van der Waals surface area contributed by atoms with Crippen molar-refractivity contribution in [3.05, 3.63) is 96.1 Å². The number of fused-ring (bicyclic) bond motifs is 1. The molecule has 4 heteroatoms. The molecule has 0 radical (unpaired) electrons. The largest absolute Gasteiger partial charge is 0.369 e. The van der Waals surface area contributed by atoms with E-state index >= 15 is 0 Å². The van der Waals surface area contributed by atoms with Crippen LogP contribution in [-0.4, -0.2) is 21.0 Å². The molecule has 0 bridgehead atoms. The van der Waals surface area contributed by atoms with E-state index in [1.165, 1.54) is 11.1 Å². The lowest BCUT2D eigenvalue weighted by Crippen LogP contribution is -2.27. The number of hydrogen-bond donors (Lipinski definition) is 1. The van der Waals surface area contributed by atoms with Crippen LogP contribution in [0.15, 0.2) is 84.9 Å². The van der Waals surface area contributed by atoms with E-state index in [1.54, 1.807) is 0 Å². The first-order chi connectivity index (χ1) is 13.3. The van der Waals surface area contributed by atoms with Gasteiger partial charge in [0.05, 0.1) is 11.0 Å². The van der Waals surface area contributed by atoms with Crippen molar-refractivity contribution in [3.63, 3.8) is 0 Å². The van der Waals surface area contributed by atoms with Crippen molar-refractivity contribution in [2.45, 2.75) is 19.6 Å². The molecule has 1 aromatic heterocycles. The zero-order chi connectivity index (χ0) is 18.5. The zero-order valence-corrected chi connectivity index (χ0v) is 15.3. The Labute approximate surface area is 159 Å². The molecule has 0 aliphatic heterocycles. The molecule has 0 spiro atoms. The summed E-state index contributed by atoms with van der Waals surface area (Å²) in [4.78, 5) is 6.94. The summed E-state index contributed by atoms with van der Waals surface area (Å²) in [7, 11) is 0. The summed E-state index contributed by atoms with van der Waals surface area (Å²) in [5.74, 6) is 0.579. The van der Waals surface area contributed by atoms with Gasteiger partial charge in [-0.25, -0.2) is 4.98 Å². The van der Waals surface area contributed by atoms with E-state index in [2.05, 4.69) is 81.2 Å². The summed E-state index contributed by atoms with van der Waals surface area (Å²) in [5.41, 5.74) is 10.9. The van der Waals surface area contributed by atoms with Crippen LogP contribution in [0.4, 0.5) is 5.95 Å². The van der Waals surface area contributed by atoms with Crippen LogP contribution in [0.2, 0.25) is 0 Å². The summed E-state index contributed by atoms with van der Waals surface area (Å²) in [6, 6.07) is 29.3. The Balaban J connectivity index is 1.53. The van der Waals surface area contributed by atoms with Crippen molar-refractivity contribution in [1.82, 2.24) is 14.5 Å². The van der Waals surface area contributed by atoms with Gasteiger partial charge in [0.25, 0.3) is 0 Å². The third-order valence-electron chi connectivity index (χ3n) is 4.82. The second kappa shape index (κ2) is 8.06. The molecule has 0 saturated carbocycles. The quantitative estimate of drug-likeness (QED) is 0.536. The molecule has 0 aliphatic rings. The van der Waals surface area contributed by atoms with Gasteiger partial charge in [-0.05, 0) is 23.3 Å². The Kier molecular flexibility index (Phi) is 5.17. The summed E-state index contributed by atoms with van der Waals surface area (Å²) in [6.45, 7) is 3.52. The van der Waals surface area contributed by atoms with Gasteiger partial charge in [0.1, 0.15) is 0 Å². The number of imidazole rings is 1. The molecule has 4 rings (SSSR count). The average Bonchev–Trinajstić information content (AvgIpc) is 3.03. The molecule has 0 atom stereocenters. The molecule has 2 N–H and O–H groups in total. The molecule has 0 amide bonds. The molecule has 3 aromatic carbocycles. The molecule has 0 fully saturated rings. The lowest BCUT2D eigenvalue weighted by atomic mass is 10.1. The highest BCUT2D eigenvalue weighted by Crippen LogP contribution is 2.18. The Morgan fingerprint density at radius 2 is 1.30 bits per heavy atom. The third-order valence-corrected chi connectivity index (χ3v) is 4.82. The van der Waals surface area contributed by atoms with Crippen LogP contribution in [0.1, 0.15) is 11.1 Å². The number of rotatable bonds is 7. The van der Waals surface area contributed by atoms with Crippen LogP contribution in [0.5, 0.6) is 0 Å². The minimum Gasteiger partial charge on any atom is -0.369 e. The van der Waals surface area contributed by atoms with Crippen LogP contribution in [0.3, 0.4) is 0 Å². The number of nitrogen functional groups attached to an aromatic ring is 1. The monoisotopic (exact) mass is 356 g/mol. The second-order valence-electron chi connectivity index (χ2n) is 6.79. The Morgan fingerprint density at radius 3 is 1.93 bits per heavy atom. The predicted molar refractivity (Wildman–Crippen MR) is 111 cm³/mol. The molecule has 0 saturated heterocycles. The molecule has 4 aromatic rings. The lowest BCUT2D eigenvalue weighted by Gasteiger charge is -2.23. The van der Waals surface area contributed by atoms with E-state index in [0.29, 0.717) is 5.95 Å². The van der Waals surface area contributed by atoms with Gasteiger partial charge in [0.2, 0.25) is 5.95 Å². The maximum Gasteiger partial charge on any atom is 0.201 e. The van der Waals surface area contributed by atoms with Crippen molar-refractivity contribution < 1.29 is 0 Å². The number of hydrogen-bond acceptors (Lipinski definition) is 3. The van der Waals surface area contributed by atoms with Crippen molar-refractivity contribution in [2.75, 3.05) is 12.3 Å². The van der Waals surface area contributed by atoms with Crippen molar-refractivity contribution in [3.8, 4) is 0 Å². The van der Waals surface area contributed by atoms with Crippen LogP contribution in [-0.2, 0) is 19.6 Å². The average molecular weight is 356 g/mol. The minimum absolute atomic E-state index is 0.579. The van der Waals surface area contributed by atoms with E-state index in [4.69, 9.17) is 5.73 Å². The van der Waals surface area contributed by atoms with E-state index in [1.807, 2.05) is 18.2 Å². The fourth-order valence-electron chi connectivity index (χ4n) is 3.47. The third kappa shape index (κ3) is 4.18. The topological polar surface area (TPSA) is 47.1 Å². The van der Waals surface area contributed by atoms with Crippen molar-refractivity contribution in [2.24, 2.45) is 0 Å². The van der Waals surface area contributed by atoms with Gasteiger partial charge < -0.3 is 10.3 Å². The number of benzene rings is 3. The summed E-state index contributed by atoms with van der Waals surface area (Å²) < 4.78 is 2.11. The number of nitrogens with zero attached hydrogens (tertiary/aromatic N) is 3. The van der Waals surface area contributed by atoms with Crippen LogP contribution < -0.4 is 5.73 Å². The highest BCUT2D eigenvalue weighted by Gasteiger charge is 2.11. The molecule has 1 heterocycles. The van der Waals surface area contributed by atoms with Crippen LogP contribution in [0, 0.1) is 0 Å². The lowest BCUT2D eigenvalue weighted by molar-refractivity contribution is 0.247. The minimum atomic E-state index is 0.579. The van der Waals surface area contributed by atoms with Gasteiger partial charge in [-0.2, -0.15) is 0 Å². The summed E-state index contributed by atoms with van der Waals surface area (Å²) >= 11 is 0. The first-order valence-electron chi connectivity index (χ1n) is 9.30. The van der Waals surface area contributed by atoms with Gasteiger partial charge in [-0.15, -0.1) is 0 Å². The Morgan fingerprint density at radius 1 is 0.741 bits per heavy atom. The molecule has 136 valence electrons. The van der Waals surface area contributed by atoms with E-state index in [9.17, 15) is 0 Å². The standard InChI is InChI=1S/C23H24N4/c24-23-25-21-13-7-8-14-22(21)27(23)16-15-26(17-19-9-3-1-4-10-19)18-20-11-5-2-6-12-20/h1-14H,15-18H2,(H2,24,25). The van der Waals surface area contributed by atoms with E-state index in [-0.39, 0.29) is 0 Å². The summed E-state index contributed by atoms with van der Waals surface area (Å²) in [6.07, 6.45) is 0. The summed E-state index contributed by atoms with van der Waals surface area (Å²) in [5, 5.41) is 0. The number of anilines is 1. The first-order valence-corrected chi connectivity index (χ1v) is 9.30. The first kappa shape index (κ1) is 17.3. The number of aromatic nitrogens is 2. The predicted octanol–water partition coefficient (Wildman–Crippen LogP) is 4.32. The molecule has 0 aliphatic carbocycles. The molecule has 0 unspecified atom stereocenters. The van der Waals surface area contributed by atoms with Crippen molar-refractivity contribution in [1.29, 1.82) is 0 Å². The maximum absolute atomic E-state index is 6.18. The molecular formula is C23H24N4. The Hall–Kier alpha value is -3.11. The fourth-order valence-corrected chi connectivity index (χ4v) is 3.47. The number of para-hydroxylation sites is 2. The second-order valence-corrected chi connectivity index (χ2v) is 6.79. The highest BCUT2D eigenvalue weighted by molar-refractivity contribution is 5.78. The maximum atomic E-state index is 6.18. The van der Waals surface area contributed by atoms with Gasteiger partial charge in [-0.1, -0.05) is 72.8 Å². The SMILES string of the molecule is Nc1nc2ccccc2n1CCN(Cc1ccccc1)Cc1ccccc1. The van der Waals surface area contributed by atoms with Crippen LogP contribution >= 0.6 is 0 Å². The fraction of sp³-hybridized carbons (Fsp3) is 0.174. The van der Waals surface area contributed by atoms with Gasteiger partial charge in [0.15, 0.2) is 0 Å². The molecule has 27 heavy (non-hydrogen) atoms. The van der Waals surface area contributed by atoms with E-state index < -0.39 is 0 Å². The highest BCUT2D eigenvalue weighted by atomic mass is 15.2. The number of nitrogens with two attached hydrogens (primary N) is 1. The van der Waals surface area contributed by atoms with Gasteiger partial charge in [-0.3, -0.25) is 4.90 Å². The van der Waals surface area contributed by atoms with Gasteiger partial charge >= 0.3 is 0 Å². The molecular weight excluding hydrogens is 332 g/mol. The smallest absolute Gasteiger partial charge is 0.201 e. The Bertz CT molecular complexity index is 951.